The number of allylic oxidation sites excluding steroid dienone is 1. The summed E-state index contributed by atoms with van der Waals surface area (Å²) in [6.07, 6.45) is 1.78. The van der Waals surface area contributed by atoms with Gasteiger partial charge in [0.15, 0.2) is 11.0 Å². The fourth-order valence-corrected chi connectivity index (χ4v) is 3.18. The molecule has 0 aliphatic heterocycles. The minimum absolute atomic E-state index is 0.0381. The van der Waals surface area contributed by atoms with Crippen LogP contribution in [0.1, 0.15) is 6.92 Å². The maximum Gasteiger partial charge on any atom is 0.235 e. The summed E-state index contributed by atoms with van der Waals surface area (Å²) in [4.78, 5) is 13.6. The van der Waals surface area contributed by atoms with Gasteiger partial charge in [-0.15, -0.1) is 16.8 Å². The Labute approximate surface area is 145 Å². The Kier molecular flexibility index (Phi) is 5.85. The standard InChI is InChI=1S/C16H19ClN4OS/c1-5-10-21-14(12-6-8-13(17)9-7-12)18-19-16(21)23-11(2)15(22)20(3)4/h5-9,11H,1,10H2,2-4H3. The van der Waals surface area contributed by atoms with Crippen molar-refractivity contribution >= 4 is 29.3 Å². The van der Waals surface area contributed by atoms with E-state index in [9.17, 15) is 4.79 Å². The second-order valence-corrected chi connectivity index (χ2v) is 6.95. The predicted octanol–water partition coefficient (Wildman–Crippen LogP) is 3.35. The van der Waals surface area contributed by atoms with Gasteiger partial charge in [0.2, 0.25) is 5.91 Å². The van der Waals surface area contributed by atoms with Gasteiger partial charge in [0, 0.05) is 31.2 Å². The average Bonchev–Trinajstić information content (AvgIpc) is 2.90. The number of carbonyl (C=O) groups is 1. The highest BCUT2D eigenvalue weighted by molar-refractivity contribution is 8.00. The van der Waals surface area contributed by atoms with Crippen LogP contribution in [-0.2, 0) is 11.3 Å². The van der Waals surface area contributed by atoms with Crippen molar-refractivity contribution in [2.75, 3.05) is 14.1 Å². The van der Waals surface area contributed by atoms with Gasteiger partial charge < -0.3 is 4.90 Å². The fraction of sp³-hybridized carbons (Fsp3) is 0.312. The number of amides is 1. The third kappa shape index (κ3) is 4.14. The zero-order valence-electron chi connectivity index (χ0n) is 13.4. The second-order valence-electron chi connectivity index (χ2n) is 5.21. The van der Waals surface area contributed by atoms with E-state index in [1.54, 1.807) is 25.1 Å². The molecule has 0 saturated carbocycles. The molecule has 0 aliphatic carbocycles. The number of benzene rings is 1. The molecule has 23 heavy (non-hydrogen) atoms. The summed E-state index contributed by atoms with van der Waals surface area (Å²) in [5.74, 6) is 0.768. The highest BCUT2D eigenvalue weighted by atomic mass is 35.5. The summed E-state index contributed by atoms with van der Waals surface area (Å²) in [6.45, 7) is 6.21. The SMILES string of the molecule is C=CCn1c(SC(C)C(=O)N(C)C)nnc1-c1ccc(Cl)cc1. The highest BCUT2D eigenvalue weighted by Gasteiger charge is 2.21. The molecular formula is C16H19ClN4OS. The van der Waals surface area contributed by atoms with Crippen LogP contribution in [0.15, 0.2) is 42.1 Å². The molecule has 1 aromatic heterocycles. The van der Waals surface area contributed by atoms with Crippen LogP contribution < -0.4 is 0 Å². The number of rotatable bonds is 6. The van der Waals surface area contributed by atoms with E-state index in [0.29, 0.717) is 16.7 Å². The molecule has 1 heterocycles. The van der Waals surface area contributed by atoms with Crippen molar-refractivity contribution in [3.63, 3.8) is 0 Å². The molecule has 0 radical (unpaired) electrons. The molecule has 5 nitrogen and oxygen atoms in total. The Morgan fingerprint density at radius 1 is 1.39 bits per heavy atom. The van der Waals surface area contributed by atoms with Gasteiger partial charge in [-0.3, -0.25) is 9.36 Å². The van der Waals surface area contributed by atoms with Gasteiger partial charge in [0.25, 0.3) is 0 Å². The van der Waals surface area contributed by atoms with Crippen molar-refractivity contribution in [2.24, 2.45) is 0 Å². The van der Waals surface area contributed by atoms with Gasteiger partial charge in [-0.2, -0.15) is 0 Å². The topological polar surface area (TPSA) is 51.0 Å². The van der Waals surface area contributed by atoms with Crippen LogP contribution in [0, 0.1) is 0 Å². The average molecular weight is 351 g/mol. The second kappa shape index (κ2) is 7.66. The number of aromatic nitrogens is 3. The summed E-state index contributed by atoms with van der Waals surface area (Å²) in [5.41, 5.74) is 0.919. The van der Waals surface area contributed by atoms with Gasteiger partial charge in [-0.25, -0.2) is 0 Å². The number of nitrogens with zero attached hydrogens (tertiary/aromatic N) is 4. The van der Waals surface area contributed by atoms with E-state index in [1.807, 2.05) is 35.8 Å². The van der Waals surface area contributed by atoms with E-state index < -0.39 is 0 Å². The Morgan fingerprint density at radius 2 is 2.04 bits per heavy atom. The van der Waals surface area contributed by atoms with Crippen LogP contribution in [0.5, 0.6) is 0 Å². The molecule has 0 fully saturated rings. The van der Waals surface area contributed by atoms with Gasteiger partial charge >= 0.3 is 0 Å². The smallest absolute Gasteiger partial charge is 0.235 e. The van der Waals surface area contributed by atoms with E-state index >= 15 is 0 Å². The van der Waals surface area contributed by atoms with Crippen LogP contribution in [0.2, 0.25) is 5.02 Å². The lowest BCUT2D eigenvalue weighted by Gasteiger charge is -2.16. The first-order chi connectivity index (χ1) is 10.9. The minimum atomic E-state index is -0.240. The molecule has 2 rings (SSSR count). The van der Waals surface area contributed by atoms with E-state index in [4.69, 9.17) is 11.6 Å². The van der Waals surface area contributed by atoms with Gasteiger partial charge in [0.1, 0.15) is 0 Å². The molecule has 7 heteroatoms. The molecule has 2 aromatic rings. The normalized spacial score (nSPS) is 12.0. The zero-order valence-corrected chi connectivity index (χ0v) is 14.9. The molecule has 0 aliphatic rings. The predicted molar refractivity (Wildman–Crippen MR) is 94.7 cm³/mol. The Balaban J connectivity index is 2.33. The summed E-state index contributed by atoms with van der Waals surface area (Å²) >= 11 is 7.32. The van der Waals surface area contributed by atoms with Crippen LogP contribution in [0.3, 0.4) is 0 Å². The lowest BCUT2D eigenvalue weighted by molar-refractivity contribution is -0.127. The molecule has 0 spiro atoms. The lowest BCUT2D eigenvalue weighted by atomic mass is 10.2. The highest BCUT2D eigenvalue weighted by Crippen LogP contribution is 2.28. The summed E-state index contributed by atoms with van der Waals surface area (Å²) in [6, 6.07) is 7.42. The number of carbonyl (C=O) groups excluding carboxylic acids is 1. The van der Waals surface area contributed by atoms with Crippen molar-refractivity contribution in [1.82, 2.24) is 19.7 Å². The number of halogens is 1. The summed E-state index contributed by atoms with van der Waals surface area (Å²) in [7, 11) is 3.49. The molecule has 0 saturated heterocycles. The third-order valence-corrected chi connectivity index (χ3v) is 4.52. The fourth-order valence-electron chi connectivity index (χ4n) is 2.05. The zero-order chi connectivity index (χ0) is 17.0. The van der Waals surface area contributed by atoms with Crippen LogP contribution in [-0.4, -0.2) is 44.9 Å². The quantitative estimate of drug-likeness (QED) is 0.592. The number of hydrogen-bond acceptors (Lipinski definition) is 4. The molecule has 1 atom stereocenters. The van der Waals surface area contributed by atoms with Gasteiger partial charge in [-0.1, -0.05) is 29.4 Å². The van der Waals surface area contributed by atoms with Crippen LogP contribution in [0.25, 0.3) is 11.4 Å². The maximum atomic E-state index is 12.0. The molecule has 1 amide bonds. The van der Waals surface area contributed by atoms with E-state index in [-0.39, 0.29) is 11.2 Å². The van der Waals surface area contributed by atoms with Crippen LogP contribution in [0.4, 0.5) is 0 Å². The molecule has 0 bridgehead atoms. The lowest BCUT2D eigenvalue weighted by Crippen LogP contribution is -2.29. The van der Waals surface area contributed by atoms with Crippen molar-refractivity contribution in [1.29, 1.82) is 0 Å². The van der Waals surface area contributed by atoms with Crippen molar-refractivity contribution in [3.05, 3.63) is 41.9 Å². The minimum Gasteiger partial charge on any atom is -0.348 e. The Bertz CT molecular complexity index is 697. The largest absolute Gasteiger partial charge is 0.348 e. The van der Waals surface area contributed by atoms with Crippen LogP contribution >= 0.6 is 23.4 Å². The monoisotopic (exact) mass is 350 g/mol. The number of hydrogen-bond donors (Lipinski definition) is 0. The van der Waals surface area contributed by atoms with Crippen molar-refractivity contribution in [3.8, 4) is 11.4 Å². The molecule has 122 valence electrons. The first-order valence-electron chi connectivity index (χ1n) is 7.12. The van der Waals surface area contributed by atoms with Crippen molar-refractivity contribution < 1.29 is 4.79 Å². The molecule has 1 aromatic carbocycles. The Hall–Kier alpha value is -1.79. The van der Waals surface area contributed by atoms with Gasteiger partial charge in [-0.05, 0) is 31.2 Å². The molecule has 0 N–H and O–H groups in total. The summed E-state index contributed by atoms with van der Waals surface area (Å²) < 4.78 is 1.94. The molecular weight excluding hydrogens is 332 g/mol. The molecule has 1 unspecified atom stereocenters. The Morgan fingerprint density at radius 3 is 2.61 bits per heavy atom. The first kappa shape index (κ1) is 17.6. The van der Waals surface area contributed by atoms with Crippen molar-refractivity contribution in [2.45, 2.75) is 23.9 Å². The van der Waals surface area contributed by atoms with E-state index in [2.05, 4.69) is 16.8 Å². The maximum absolute atomic E-state index is 12.0. The third-order valence-electron chi connectivity index (χ3n) is 3.20. The van der Waals surface area contributed by atoms with E-state index in [1.165, 1.54) is 11.8 Å². The van der Waals surface area contributed by atoms with E-state index in [0.717, 1.165) is 11.4 Å². The van der Waals surface area contributed by atoms with Gasteiger partial charge in [0.05, 0.1) is 5.25 Å². The number of thioether (sulfide) groups is 1. The summed E-state index contributed by atoms with van der Waals surface area (Å²) in [5, 5.41) is 9.63. The first-order valence-corrected chi connectivity index (χ1v) is 8.37.